The second-order valence-corrected chi connectivity index (χ2v) is 7.28. The van der Waals surface area contributed by atoms with Crippen molar-refractivity contribution in [2.45, 2.75) is 36.6 Å². The molecule has 0 aromatic heterocycles. The maximum Gasteiger partial charge on any atom is 0.227 e. The Morgan fingerprint density at radius 1 is 1.08 bits per heavy atom. The minimum Gasteiger partial charge on any atom is -0.339 e. The predicted octanol–water partition coefficient (Wildman–Crippen LogP) is 4.22. The normalized spacial score (nSPS) is 16.8. The van der Waals surface area contributed by atoms with Gasteiger partial charge in [0.2, 0.25) is 5.91 Å². The zero-order valence-electron chi connectivity index (χ0n) is 14.5. The number of rotatable bonds is 6. The third-order valence-corrected chi connectivity index (χ3v) is 5.47. The molecule has 1 saturated heterocycles. The Kier molecular flexibility index (Phi) is 5.92. The average Bonchev–Trinajstić information content (AvgIpc) is 3.11. The summed E-state index contributed by atoms with van der Waals surface area (Å²) in [7, 11) is 0. The quantitative estimate of drug-likeness (QED) is 0.576. The van der Waals surface area contributed by atoms with Gasteiger partial charge in [0.15, 0.2) is 5.78 Å². The summed E-state index contributed by atoms with van der Waals surface area (Å²) in [5.74, 6) is 0.247. The largest absolute Gasteiger partial charge is 0.339 e. The molecule has 3 rings (SSSR count). The maximum atomic E-state index is 12.6. The Morgan fingerprint density at radius 3 is 2.48 bits per heavy atom. The summed E-state index contributed by atoms with van der Waals surface area (Å²) in [6, 6.07) is 17.6. The number of Topliss-reactive ketones (excluding diaryl/α,β-unsaturated/α-hetero) is 1. The van der Waals surface area contributed by atoms with Crippen molar-refractivity contribution in [2.75, 3.05) is 12.8 Å². The number of benzene rings is 2. The summed E-state index contributed by atoms with van der Waals surface area (Å²) >= 11 is 1.66. The van der Waals surface area contributed by atoms with Gasteiger partial charge in [0, 0.05) is 29.5 Å². The lowest BCUT2D eigenvalue weighted by Crippen LogP contribution is -2.37. The van der Waals surface area contributed by atoms with Crippen LogP contribution in [-0.2, 0) is 11.2 Å². The second-order valence-electron chi connectivity index (χ2n) is 6.40. The first-order chi connectivity index (χ1) is 12.2. The van der Waals surface area contributed by atoms with E-state index in [0.717, 1.165) is 35.4 Å². The molecule has 1 aliphatic rings. The first-order valence-electron chi connectivity index (χ1n) is 8.68. The van der Waals surface area contributed by atoms with E-state index in [-0.39, 0.29) is 17.7 Å². The summed E-state index contributed by atoms with van der Waals surface area (Å²) in [6.45, 7) is 0.759. The first kappa shape index (κ1) is 17.7. The third kappa shape index (κ3) is 4.51. The molecular weight excluding hydrogens is 330 g/mol. The fourth-order valence-corrected chi connectivity index (χ4v) is 3.77. The van der Waals surface area contributed by atoms with Crippen molar-refractivity contribution in [3.8, 4) is 0 Å². The van der Waals surface area contributed by atoms with Gasteiger partial charge in [-0.2, -0.15) is 0 Å². The van der Waals surface area contributed by atoms with E-state index < -0.39 is 0 Å². The maximum absolute atomic E-state index is 12.6. The van der Waals surface area contributed by atoms with Gasteiger partial charge in [0.25, 0.3) is 0 Å². The molecule has 0 spiro atoms. The molecule has 130 valence electrons. The number of thioether (sulfide) groups is 1. The molecule has 0 saturated carbocycles. The highest BCUT2D eigenvalue weighted by Gasteiger charge is 2.30. The van der Waals surface area contributed by atoms with Crippen LogP contribution in [0.25, 0.3) is 0 Å². The molecule has 0 aliphatic carbocycles. The number of nitrogens with zero attached hydrogens (tertiary/aromatic N) is 1. The van der Waals surface area contributed by atoms with Gasteiger partial charge in [-0.15, -0.1) is 11.8 Å². The third-order valence-electron chi connectivity index (χ3n) is 4.73. The average molecular weight is 353 g/mol. The Balaban J connectivity index is 1.62. The summed E-state index contributed by atoms with van der Waals surface area (Å²) in [5, 5.41) is 0. The molecule has 0 radical (unpaired) electrons. The van der Waals surface area contributed by atoms with Gasteiger partial charge in [0.1, 0.15) is 0 Å². The van der Waals surface area contributed by atoms with Crippen LogP contribution in [0.1, 0.15) is 35.2 Å². The number of likely N-dealkylation sites (tertiary alicyclic amines) is 1. The van der Waals surface area contributed by atoms with Crippen molar-refractivity contribution in [3.63, 3.8) is 0 Å². The number of hydrogen-bond acceptors (Lipinski definition) is 3. The summed E-state index contributed by atoms with van der Waals surface area (Å²) in [5.41, 5.74) is 1.76. The van der Waals surface area contributed by atoms with Gasteiger partial charge in [-0.1, -0.05) is 42.5 Å². The van der Waals surface area contributed by atoms with Crippen LogP contribution in [0.2, 0.25) is 0 Å². The van der Waals surface area contributed by atoms with Crippen LogP contribution >= 0.6 is 11.8 Å². The van der Waals surface area contributed by atoms with Crippen molar-refractivity contribution >= 4 is 23.5 Å². The number of hydrogen-bond donors (Lipinski definition) is 0. The second kappa shape index (κ2) is 8.34. The van der Waals surface area contributed by atoms with Crippen molar-refractivity contribution in [3.05, 3.63) is 65.7 Å². The van der Waals surface area contributed by atoms with Gasteiger partial charge >= 0.3 is 0 Å². The van der Waals surface area contributed by atoms with E-state index in [2.05, 4.69) is 0 Å². The molecule has 0 bridgehead atoms. The highest BCUT2D eigenvalue weighted by molar-refractivity contribution is 7.98. The topological polar surface area (TPSA) is 37.4 Å². The van der Waals surface area contributed by atoms with Crippen molar-refractivity contribution in [1.82, 2.24) is 4.90 Å². The molecule has 2 aromatic rings. The van der Waals surface area contributed by atoms with Crippen LogP contribution in [-0.4, -0.2) is 35.4 Å². The fraction of sp³-hybridized carbons (Fsp3) is 0.333. The minimum absolute atomic E-state index is 0.0314. The monoisotopic (exact) mass is 353 g/mol. The fourth-order valence-electron chi connectivity index (χ4n) is 3.36. The lowest BCUT2D eigenvalue weighted by molar-refractivity contribution is -0.131. The molecule has 0 N–H and O–H groups in total. The molecule has 1 heterocycles. The lowest BCUT2D eigenvalue weighted by Gasteiger charge is -2.24. The van der Waals surface area contributed by atoms with Gasteiger partial charge in [0.05, 0.1) is 6.42 Å². The van der Waals surface area contributed by atoms with Crippen LogP contribution < -0.4 is 0 Å². The first-order valence-corrected chi connectivity index (χ1v) is 9.90. The van der Waals surface area contributed by atoms with Gasteiger partial charge in [-0.25, -0.2) is 0 Å². The molecule has 25 heavy (non-hydrogen) atoms. The highest BCUT2D eigenvalue weighted by Crippen LogP contribution is 2.24. The van der Waals surface area contributed by atoms with Gasteiger partial charge in [-0.05, 0) is 36.8 Å². The van der Waals surface area contributed by atoms with Crippen LogP contribution in [0, 0.1) is 0 Å². The molecular formula is C21H23NO2S. The molecule has 0 unspecified atom stereocenters. The number of carbonyl (C=O) groups is 2. The van der Waals surface area contributed by atoms with E-state index in [9.17, 15) is 9.59 Å². The van der Waals surface area contributed by atoms with Crippen LogP contribution in [0.5, 0.6) is 0 Å². The Hall–Kier alpha value is -2.07. The van der Waals surface area contributed by atoms with Gasteiger partial charge < -0.3 is 4.90 Å². The molecule has 2 aromatic carbocycles. The van der Waals surface area contributed by atoms with E-state index in [4.69, 9.17) is 0 Å². The number of carbonyl (C=O) groups excluding carboxylic acids is 2. The number of amides is 1. The molecule has 1 aliphatic heterocycles. The Bertz CT molecular complexity index is 727. The molecule has 1 amide bonds. The summed E-state index contributed by atoms with van der Waals surface area (Å²) < 4.78 is 0. The zero-order chi connectivity index (χ0) is 17.6. The van der Waals surface area contributed by atoms with Gasteiger partial charge in [-0.3, -0.25) is 9.59 Å². The SMILES string of the molecule is CSc1ccc(C(=O)C[C@@H]2CCCN2C(=O)Cc2ccccc2)cc1. The van der Waals surface area contributed by atoms with E-state index in [1.807, 2.05) is 65.8 Å². The highest BCUT2D eigenvalue weighted by atomic mass is 32.2. The summed E-state index contributed by atoms with van der Waals surface area (Å²) in [4.78, 5) is 28.3. The van der Waals surface area contributed by atoms with Crippen molar-refractivity contribution < 1.29 is 9.59 Å². The molecule has 4 heteroatoms. The molecule has 3 nitrogen and oxygen atoms in total. The molecule has 1 atom stereocenters. The smallest absolute Gasteiger partial charge is 0.227 e. The Morgan fingerprint density at radius 2 is 1.80 bits per heavy atom. The summed E-state index contributed by atoms with van der Waals surface area (Å²) in [6.07, 6.45) is 4.73. The van der Waals surface area contributed by atoms with Crippen LogP contribution in [0.4, 0.5) is 0 Å². The van der Waals surface area contributed by atoms with Crippen LogP contribution in [0.15, 0.2) is 59.5 Å². The standard InChI is InChI=1S/C21H23NO2S/c1-25-19-11-9-17(10-12-19)20(23)15-18-8-5-13-22(18)21(24)14-16-6-3-2-4-7-16/h2-4,6-7,9-12,18H,5,8,13-15H2,1H3/t18-/m0/s1. The van der Waals surface area contributed by atoms with E-state index in [1.165, 1.54) is 0 Å². The number of ketones is 1. The zero-order valence-corrected chi connectivity index (χ0v) is 15.3. The van der Waals surface area contributed by atoms with E-state index in [0.29, 0.717) is 12.8 Å². The lowest BCUT2D eigenvalue weighted by atomic mass is 10.0. The predicted molar refractivity (Wildman–Crippen MR) is 102 cm³/mol. The van der Waals surface area contributed by atoms with E-state index in [1.54, 1.807) is 11.8 Å². The molecule has 1 fully saturated rings. The van der Waals surface area contributed by atoms with Crippen molar-refractivity contribution in [2.24, 2.45) is 0 Å². The van der Waals surface area contributed by atoms with E-state index >= 15 is 0 Å². The van der Waals surface area contributed by atoms with Crippen LogP contribution in [0.3, 0.4) is 0 Å². The van der Waals surface area contributed by atoms with Crippen molar-refractivity contribution in [1.29, 1.82) is 0 Å². The minimum atomic E-state index is 0.0314. The Labute approximate surface area is 153 Å².